The Labute approximate surface area is 70.6 Å². The maximum Gasteiger partial charge on any atom is 0.208 e. The lowest BCUT2D eigenvalue weighted by atomic mass is 10.2. The first kappa shape index (κ1) is 7.61. The third kappa shape index (κ3) is 1.30. The van der Waals surface area contributed by atoms with Crippen molar-refractivity contribution in [3.8, 4) is 5.88 Å². The fourth-order valence-corrected chi connectivity index (χ4v) is 1.40. The molecule has 0 radical (unpaired) electrons. The summed E-state index contributed by atoms with van der Waals surface area (Å²) < 4.78 is 5.27. The van der Waals surface area contributed by atoms with Gasteiger partial charge >= 0.3 is 0 Å². The van der Waals surface area contributed by atoms with Gasteiger partial charge < -0.3 is 14.8 Å². The second kappa shape index (κ2) is 2.79. The van der Waals surface area contributed by atoms with Crippen molar-refractivity contribution in [1.29, 1.82) is 0 Å². The molecule has 2 rings (SSSR count). The largest absolute Gasteiger partial charge is 0.493 e. The van der Waals surface area contributed by atoms with Crippen molar-refractivity contribution in [3.05, 3.63) is 12.0 Å². The summed E-state index contributed by atoms with van der Waals surface area (Å²) in [6, 6.07) is 0. The zero-order chi connectivity index (χ0) is 8.55. The highest BCUT2D eigenvalue weighted by atomic mass is 16.5. The van der Waals surface area contributed by atoms with Gasteiger partial charge in [-0.2, -0.15) is 0 Å². The Morgan fingerprint density at radius 3 is 2.92 bits per heavy atom. The molecule has 1 saturated carbocycles. The predicted molar refractivity (Wildman–Crippen MR) is 42.7 cm³/mol. The van der Waals surface area contributed by atoms with Gasteiger partial charge in [-0.25, -0.2) is 4.98 Å². The zero-order valence-electron chi connectivity index (χ0n) is 6.95. The van der Waals surface area contributed by atoms with Crippen molar-refractivity contribution in [2.75, 3.05) is 7.11 Å². The number of nitrogens with zero attached hydrogens (tertiary/aromatic N) is 1. The molecule has 1 aliphatic carbocycles. The lowest BCUT2D eigenvalue weighted by Crippen LogP contribution is -2.05. The normalized spacial score (nSPS) is 19.4. The van der Waals surface area contributed by atoms with Crippen molar-refractivity contribution >= 4 is 0 Å². The van der Waals surface area contributed by atoms with Gasteiger partial charge in [-0.1, -0.05) is 0 Å². The third-order valence-corrected chi connectivity index (χ3v) is 2.16. The van der Waals surface area contributed by atoms with Crippen LogP contribution in [0, 0.1) is 5.92 Å². The van der Waals surface area contributed by atoms with Crippen LogP contribution in [0.3, 0.4) is 0 Å². The third-order valence-electron chi connectivity index (χ3n) is 2.16. The standard InChI is InChI=1S/C8H12N2O2/c1-12-7(5-2-3-5)8-9-4-6(11)10-8/h4-5,7,11H,2-3H2,1H3,(H,9,10). The first-order chi connectivity index (χ1) is 5.81. The van der Waals surface area contributed by atoms with Crippen LogP contribution in [0.5, 0.6) is 5.88 Å². The topological polar surface area (TPSA) is 58.1 Å². The Balaban J connectivity index is 2.15. The Hall–Kier alpha value is -1.03. The van der Waals surface area contributed by atoms with Crippen LogP contribution in [-0.2, 0) is 4.74 Å². The molecule has 1 aromatic rings. The first-order valence-corrected chi connectivity index (χ1v) is 4.08. The summed E-state index contributed by atoms with van der Waals surface area (Å²) in [6.45, 7) is 0. The fraction of sp³-hybridized carbons (Fsp3) is 0.625. The van der Waals surface area contributed by atoms with Crippen molar-refractivity contribution in [3.63, 3.8) is 0 Å². The number of ether oxygens (including phenoxy) is 1. The van der Waals surface area contributed by atoms with E-state index in [9.17, 15) is 0 Å². The van der Waals surface area contributed by atoms with Crippen molar-refractivity contribution < 1.29 is 9.84 Å². The molecule has 1 atom stereocenters. The lowest BCUT2D eigenvalue weighted by Gasteiger charge is -2.10. The van der Waals surface area contributed by atoms with Crippen LogP contribution in [0.2, 0.25) is 0 Å². The highest BCUT2D eigenvalue weighted by Gasteiger charge is 2.34. The van der Waals surface area contributed by atoms with E-state index in [1.165, 1.54) is 19.0 Å². The number of aromatic nitrogens is 2. The van der Waals surface area contributed by atoms with E-state index < -0.39 is 0 Å². The van der Waals surface area contributed by atoms with Gasteiger partial charge in [0.05, 0.1) is 6.20 Å². The Morgan fingerprint density at radius 1 is 1.75 bits per heavy atom. The van der Waals surface area contributed by atoms with E-state index in [0.717, 1.165) is 5.82 Å². The van der Waals surface area contributed by atoms with Gasteiger partial charge in [0.2, 0.25) is 5.88 Å². The molecule has 2 N–H and O–H groups in total. The molecule has 1 heterocycles. The molecule has 0 aliphatic heterocycles. The van der Waals surface area contributed by atoms with E-state index in [4.69, 9.17) is 9.84 Å². The number of hydrogen-bond donors (Lipinski definition) is 2. The van der Waals surface area contributed by atoms with Gasteiger partial charge in [-0.3, -0.25) is 0 Å². The summed E-state index contributed by atoms with van der Waals surface area (Å²) in [5, 5.41) is 9.03. The Kier molecular flexibility index (Phi) is 1.77. The number of rotatable bonds is 3. The molecule has 1 aromatic heterocycles. The molecule has 0 saturated heterocycles. The van der Waals surface area contributed by atoms with Crippen LogP contribution < -0.4 is 0 Å². The number of H-pyrrole nitrogens is 1. The fourth-order valence-electron chi connectivity index (χ4n) is 1.40. The predicted octanol–water partition coefficient (Wildman–Crippen LogP) is 1.21. The minimum atomic E-state index is 0.0332. The van der Waals surface area contributed by atoms with Gasteiger partial charge in [-0.15, -0.1) is 0 Å². The van der Waals surface area contributed by atoms with Crippen LogP contribution in [0.4, 0.5) is 0 Å². The van der Waals surface area contributed by atoms with Gasteiger partial charge in [0, 0.05) is 7.11 Å². The molecule has 1 unspecified atom stereocenters. The molecule has 0 amide bonds. The van der Waals surface area contributed by atoms with Gasteiger partial charge in [-0.05, 0) is 18.8 Å². The average molecular weight is 168 g/mol. The SMILES string of the molecule is COC(c1ncc(O)[nH]1)C1CC1. The first-order valence-electron chi connectivity index (χ1n) is 4.08. The molecule has 0 bridgehead atoms. The summed E-state index contributed by atoms with van der Waals surface area (Å²) in [5.41, 5.74) is 0. The number of hydrogen-bond acceptors (Lipinski definition) is 3. The maximum absolute atomic E-state index is 9.03. The minimum absolute atomic E-state index is 0.0332. The van der Waals surface area contributed by atoms with Crippen molar-refractivity contribution in [1.82, 2.24) is 9.97 Å². The molecular formula is C8H12N2O2. The molecule has 1 fully saturated rings. The van der Waals surface area contributed by atoms with E-state index in [-0.39, 0.29) is 12.0 Å². The molecule has 0 spiro atoms. The zero-order valence-corrected chi connectivity index (χ0v) is 6.95. The van der Waals surface area contributed by atoms with Crippen molar-refractivity contribution in [2.45, 2.75) is 18.9 Å². The molecule has 66 valence electrons. The summed E-state index contributed by atoms with van der Waals surface area (Å²) >= 11 is 0. The second-order valence-corrected chi connectivity index (χ2v) is 3.15. The van der Waals surface area contributed by atoms with E-state index in [2.05, 4.69) is 9.97 Å². The Morgan fingerprint density at radius 2 is 2.50 bits per heavy atom. The number of aromatic hydroxyl groups is 1. The van der Waals surface area contributed by atoms with Crippen LogP contribution in [0.1, 0.15) is 24.8 Å². The van der Waals surface area contributed by atoms with E-state index >= 15 is 0 Å². The molecule has 1 aliphatic rings. The highest BCUT2D eigenvalue weighted by molar-refractivity contribution is 5.09. The molecule has 0 aromatic carbocycles. The van der Waals surface area contributed by atoms with Gasteiger partial charge in [0.1, 0.15) is 11.9 Å². The Bertz CT molecular complexity index is 268. The second-order valence-electron chi connectivity index (χ2n) is 3.15. The average Bonchev–Trinajstić information content (AvgIpc) is 2.78. The number of aromatic amines is 1. The van der Waals surface area contributed by atoms with E-state index in [1.54, 1.807) is 7.11 Å². The molecule has 4 nitrogen and oxygen atoms in total. The summed E-state index contributed by atoms with van der Waals surface area (Å²) in [6.07, 6.45) is 3.83. The highest BCUT2D eigenvalue weighted by Crippen LogP contribution is 2.42. The monoisotopic (exact) mass is 168 g/mol. The van der Waals surface area contributed by atoms with Crippen LogP contribution in [-0.4, -0.2) is 22.2 Å². The number of methoxy groups -OCH3 is 1. The molecule has 4 heteroatoms. The van der Waals surface area contributed by atoms with Gasteiger partial charge in [0.15, 0.2) is 0 Å². The van der Waals surface area contributed by atoms with Crippen LogP contribution in [0.25, 0.3) is 0 Å². The van der Waals surface area contributed by atoms with E-state index in [1.807, 2.05) is 0 Å². The summed E-state index contributed by atoms with van der Waals surface area (Å²) in [4.78, 5) is 6.79. The minimum Gasteiger partial charge on any atom is -0.493 e. The summed E-state index contributed by atoms with van der Waals surface area (Å²) in [5.74, 6) is 1.42. The summed E-state index contributed by atoms with van der Waals surface area (Å²) in [7, 11) is 1.67. The maximum atomic E-state index is 9.03. The van der Waals surface area contributed by atoms with E-state index in [0.29, 0.717) is 5.92 Å². The van der Waals surface area contributed by atoms with Crippen LogP contribution >= 0.6 is 0 Å². The number of nitrogens with one attached hydrogen (secondary N) is 1. The van der Waals surface area contributed by atoms with Crippen molar-refractivity contribution in [2.24, 2.45) is 5.92 Å². The van der Waals surface area contributed by atoms with Crippen LogP contribution in [0.15, 0.2) is 6.20 Å². The smallest absolute Gasteiger partial charge is 0.208 e. The molecule has 12 heavy (non-hydrogen) atoms. The van der Waals surface area contributed by atoms with Gasteiger partial charge in [0.25, 0.3) is 0 Å². The molecular weight excluding hydrogens is 156 g/mol. The quantitative estimate of drug-likeness (QED) is 0.713. The number of imidazole rings is 1. The lowest BCUT2D eigenvalue weighted by molar-refractivity contribution is 0.0777.